The summed E-state index contributed by atoms with van der Waals surface area (Å²) in [4.78, 5) is 48.4. The molecule has 1 aliphatic rings. The maximum atomic E-state index is 13.0. The molecule has 0 aromatic heterocycles. The highest BCUT2D eigenvalue weighted by Gasteiger charge is 2.34. The molecule has 34 heavy (non-hydrogen) atoms. The van der Waals surface area contributed by atoms with Gasteiger partial charge in [0.15, 0.2) is 6.61 Å². The molecule has 0 heterocycles. The quantitative estimate of drug-likeness (QED) is 0.225. The van der Waals surface area contributed by atoms with E-state index in [4.69, 9.17) is 9.47 Å². The lowest BCUT2D eigenvalue weighted by Crippen LogP contribution is -2.36. The van der Waals surface area contributed by atoms with Crippen LogP contribution in [0.5, 0.6) is 0 Å². The van der Waals surface area contributed by atoms with Crippen molar-refractivity contribution in [3.8, 4) is 0 Å². The Kier molecular flexibility index (Phi) is 8.15. The molecule has 0 bridgehead atoms. The molecule has 0 radical (unpaired) electrons. The highest BCUT2D eigenvalue weighted by molar-refractivity contribution is 6.04. The molecule has 0 unspecified atom stereocenters. The molecular weight excluding hydrogens is 438 g/mol. The molecule has 0 aliphatic heterocycles. The Hall–Kier alpha value is -3.55. The largest absolute Gasteiger partial charge is 0.458 e. The second kappa shape index (κ2) is 11.0. The van der Waals surface area contributed by atoms with Crippen LogP contribution >= 0.6 is 0 Å². The number of carbonyl (C=O) groups is 3. The van der Waals surface area contributed by atoms with Gasteiger partial charge in [0.2, 0.25) is 5.78 Å². The number of ketones is 1. The third-order valence-electron chi connectivity index (χ3n) is 6.30. The maximum absolute atomic E-state index is 13.0. The summed E-state index contributed by atoms with van der Waals surface area (Å²) in [7, 11) is 0. The molecule has 2 aromatic rings. The van der Waals surface area contributed by atoms with Crippen molar-refractivity contribution in [1.29, 1.82) is 0 Å². The predicted octanol–water partition coefficient (Wildman–Crippen LogP) is 5.25. The fraction of sp³-hybridized carbons (Fsp3) is 0.423. The summed E-state index contributed by atoms with van der Waals surface area (Å²) in [5, 5.41) is 10.9. The van der Waals surface area contributed by atoms with Crippen molar-refractivity contribution in [1.82, 2.24) is 0 Å². The number of non-ortho nitro benzene ring substituents is 1. The van der Waals surface area contributed by atoms with E-state index >= 15 is 0 Å². The van der Waals surface area contributed by atoms with Gasteiger partial charge in [0.05, 0.1) is 16.1 Å². The Morgan fingerprint density at radius 3 is 2.35 bits per heavy atom. The summed E-state index contributed by atoms with van der Waals surface area (Å²) in [6.07, 6.45) is 2.63. The SMILES string of the molecule is CC(C)[C@H]1CC[C@@H](C)C[C@H]1OC(=O)c1ccccc1C(=O)OCC(=O)c1cccc([N+](=O)[O-])c1. The van der Waals surface area contributed by atoms with Gasteiger partial charge in [0.1, 0.15) is 6.10 Å². The molecule has 3 rings (SSSR count). The van der Waals surface area contributed by atoms with E-state index in [0.717, 1.165) is 25.3 Å². The smallest absolute Gasteiger partial charge is 0.339 e. The Morgan fingerprint density at radius 2 is 1.71 bits per heavy atom. The number of carbonyl (C=O) groups excluding carboxylic acids is 3. The van der Waals surface area contributed by atoms with Crippen LogP contribution in [0.4, 0.5) is 5.69 Å². The van der Waals surface area contributed by atoms with E-state index in [2.05, 4.69) is 20.8 Å². The molecule has 180 valence electrons. The predicted molar refractivity (Wildman–Crippen MR) is 125 cm³/mol. The average Bonchev–Trinajstić information content (AvgIpc) is 2.82. The zero-order chi connectivity index (χ0) is 24.8. The van der Waals surface area contributed by atoms with Crippen LogP contribution in [0.2, 0.25) is 0 Å². The molecule has 0 saturated heterocycles. The standard InChI is InChI=1S/C26H29NO7/c1-16(2)20-12-11-17(3)13-24(20)34-26(30)22-10-5-4-9-21(22)25(29)33-15-23(28)18-7-6-8-19(14-18)27(31)32/h4-10,14,16-17,20,24H,11-13,15H2,1-3H3/t17-,20-,24-/m1/s1. The van der Waals surface area contributed by atoms with Crippen LogP contribution in [0.25, 0.3) is 0 Å². The molecule has 1 fully saturated rings. The Labute approximate surface area is 198 Å². The summed E-state index contributed by atoms with van der Waals surface area (Å²) in [6.45, 7) is 5.76. The molecule has 3 atom stereocenters. The van der Waals surface area contributed by atoms with Gasteiger partial charge in [-0.25, -0.2) is 9.59 Å². The molecule has 0 spiro atoms. The summed E-state index contributed by atoms with van der Waals surface area (Å²) in [6, 6.07) is 11.3. The number of nitrogens with zero attached hydrogens (tertiary/aromatic N) is 1. The van der Waals surface area contributed by atoms with E-state index in [1.165, 1.54) is 30.3 Å². The minimum Gasteiger partial charge on any atom is -0.458 e. The Balaban J connectivity index is 1.70. The molecule has 8 nitrogen and oxygen atoms in total. The minimum absolute atomic E-state index is 0.00398. The van der Waals surface area contributed by atoms with Crippen LogP contribution in [0.1, 0.15) is 71.1 Å². The number of rotatable bonds is 8. The van der Waals surface area contributed by atoms with E-state index in [-0.39, 0.29) is 34.4 Å². The van der Waals surface area contributed by atoms with Gasteiger partial charge in [-0.15, -0.1) is 0 Å². The van der Waals surface area contributed by atoms with Gasteiger partial charge < -0.3 is 9.47 Å². The van der Waals surface area contributed by atoms with Crippen LogP contribution in [0.15, 0.2) is 48.5 Å². The fourth-order valence-electron chi connectivity index (χ4n) is 4.38. The third kappa shape index (κ3) is 6.07. The van der Waals surface area contributed by atoms with E-state index in [0.29, 0.717) is 11.8 Å². The van der Waals surface area contributed by atoms with Gasteiger partial charge in [0, 0.05) is 17.7 Å². The summed E-state index contributed by atoms with van der Waals surface area (Å²) in [5.41, 5.74) is -0.0943. The second-order valence-electron chi connectivity index (χ2n) is 9.12. The van der Waals surface area contributed by atoms with Crippen molar-refractivity contribution in [3.63, 3.8) is 0 Å². The molecular formula is C26H29NO7. The van der Waals surface area contributed by atoms with Crippen molar-refractivity contribution in [2.75, 3.05) is 6.61 Å². The highest BCUT2D eigenvalue weighted by atomic mass is 16.6. The summed E-state index contributed by atoms with van der Waals surface area (Å²) >= 11 is 0. The summed E-state index contributed by atoms with van der Waals surface area (Å²) < 4.78 is 11.0. The second-order valence-corrected chi connectivity index (χ2v) is 9.12. The lowest BCUT2D eigenvalue weighted by molar-refractivity contribution is -0.384. The molecule has 8 heteroatoms. The third-order valence-corrected chi connectivity index (χ3v) is 6.30. The summed E-state index contributed by atoms with van der Waals surface area (Å²) in [5.74, 6) is -0.955. The molecule has 2 aromatic carbocycles. The van der Waals surface area contributed by atoms with Crippen molar-refractivity contribution in [3.05, 3.63) is 75.3 Å². The zero-order valence-electron chi connectivity index (χ0n) is 19.6. The van der Waals surface area contributed by atoms with Crippen molar-refractivity contribution in [2.24, 2.45) is 17.8 Å². The number of nitro groups is 1. The highest BCUT2D eigenvalue weighted by Crippen LogP contribution is 2.35. The first-order chi connectivity index (χ1) is 16.2. The normalized spacial score (nSPS) is 19.9. The molecule has 0 N–H and O–H groups in total. The Morgan fingerprint density at radius 1 is 1.03 bits per heavy atom. The van der Waals surface area contributed by atoms with Crippen LogP contribution in [0, 0.1) is 27.9 Å². The number of benzene rings is 2. The first kappa shape index (κ1) is 25.1. The molecule has 1 aliphatic carbocycles. The van der Waals surface area contributed by atoms with Crippen molar-refractivity contribution in [2.45, 2.75) is 46.1 Å². The van der Waals surface area contributed by atoms with Gasteiger partial charge >= 0.3 is 11.9 Å². The van der Waals surface area contributed by atoms with Crippen LogP contribution in [0.3, 0.4) is 0 Å². The number of hydrogen-bond acceptors (Lipinski definition) is 7. The lowest BCUT2D eigenvalue weighted by atomic mass is 9.75. The van der Waals surface area contributed by atoms with Gasteiger partial charge in [0.25, 0.3) is 5.69 Å². The van der Waals surface area contributed by atoms with Crippen molar-refractivity contribution >= 4 is 23.4 Å². The fourth-order valence-corrected chi connectivity index (χ4v) is 4.38. The number of esters is 2. The van der Waals surface area contributed by atoms with Gasteiger partial charge in [-0.2, -0.15) is 0 Å². The first-order valence-corrected chi connectivity index (χ1v) is 11.4. The van der Waals surface area contributed by atoms with Crippen molar-refractivity contribution < 1.29 is 28.8 Å². The maximum Gasteiger partial charge on any atom is 0.339 e. The van der Waals surface area contributed by atoms with Gasteiger partial charge in [-0.3, -0.25) is 14.9 Å². The number of nitro benzene ring substituents is 1. The van der Waals surface area contributed by atoms with Crippen LogP contribution < -0.4 is 0 Å². The molecule has 0 amide bonds. The van der Waals surface area contributed by atoms with Crippen LogP contribution in [-0.4, -0.2) is 35.4 Å². The van der Waals surface area contributed by atoms with Gasteiger partial charge in [-0.1, -0.05) is 51.5 Å². The number of hydrogen-bond donors (Lipinski definition) is 0. The van der Waals surface area contributed by atoms with E-state index < -0.39 is 29.3 Å². The molecule has 1 saturated carbocycles. The Bertz CT molecular complexity index is 1080. The van der Waals surface area contributed by atoms with Crippen LogP contribution in [-0.2, 0) is 9.47 Å². The van der Waals surface area contributed by atoms with E-state index in [1.54, 1.807) is 12.1 Å². The topological polar surface area (TPSA) is 113 Å². The lowest BCUT2D eigenvalue weighted by Gasteiger charge is -2.36. The zero-order valence-corrected chi connectivity index (χ0v) is 19.6. The van der Waals surface area contributed by atoms with E-state index in [9.17, 15) is 24.5 Å². The monoisotopic (exact) mass is 467 g/mol. The van der Waals surface area contributed by atoms with Gasteiger partial charge in [-0.05, 0) is 42.7 Å². The average molecular weight is 468 g/mol. The number of Topliss-reactive ketones (excluding diaryl/α,β-unsaturated/α-hetero) is 1. The first-order valence-electron chi connectivity index (χ1n) is 11.4. The minimum atomic E-state index is -0.844. The number of ether oxygens (including phenoxy) is 2. The van der Waals surface area contributed by atoms with E-state index in [1.807, 2.05) is 0 Å².